The Labute approximate surface area is 186 Å². The largest absolute Gasteiger partial charge is 0.497 e. The summed E-state index contributed by atoms with van der Waals surface area (Å²) in [5.74, 6) is 2.12. The lowest BCUT2D eigenvalue weighted by Gasteiger charge is -2.11. The van der Waals surface area contributed by atoms with E-state index in [1.54, 1.807) is 19.4 Å². The number of hydrogen-bond acceptors (Lipinski definition) is 7. The smallest absolute Gasteiger partial charge is 0.260 e. The molecule has 1 amide bonds. The first-order valence-corrected chi connectivity index (χ1v) is 11.5. The third-order valence-corrected chi connectivity index (χ3v) is 6.75. The Morgan fingerprint density at radius 3 is 3.00 bits per heavy atom. The molecule has 0 aliphatic heterocycles. The van der Waals surface area contributed by atoms with Gasteiger partial charge in [0.2, 0.25) is 5.91 Å². The number of nitrogens with zero attached hydrogens (tertiary/aromatic N) is 1. The summed E-state index contributed by atoms with van der Waals surface area (Å²) in [5.41, 5.74) is 1.50. The van der Waals surface area contributed by atoms with Crippen molar-refractivity contribution >= 4 is 39.2 Å². The Kier molecular flexibility index (Phi) is 6.43. The van der Waals surface area contributed by atoms with Crippen LogP contribution in [0.4, 0.5) is 0 Å². The van der Waals surface area contributed by atoms with E-state index in [9.17, 15) is 9.59 Å². The predicted molar refractivity (Wildman–Crippen MR) is 124 cm³/mol. The third kappa shape index (κ3) is 4.83. The number of aromatic amines is 1. The molecule has 1 aromatic carbocycles. The number of benzene rings is 1. The highest BCUT2D eigenvalue weighted by atomic mass is 32.2. The van der Waals surface area contributed by atoms with Crippen molar-refractivity contribution < 1.29 is 13.9 Å². The van der Waals surface area contributed by atoms with Crippen molar-refractivity contribution in [2.45, 2.75) is 18.7 Å². The number of thiophene rings is 1. The molecule has 4 aromatic rings. The number of nitrogens with one attached hydrogen (secondary N) is 2. The zero-order chi connectivity index (χ0) is 21.8. The molecule has 0 saturated carbocycles. The van der Waals surface area contributed by atoms with Crippen molar-refractivity contribution in [3.63, 3.8) is 0 Å². The maximum absolute atomic E-state index is 12.7. The van der Waals surface area contributed by atoms with Crippen molar-refractivity contribution in [1.82, 2.24) is 15.3 Å². The molecule has 0 radical (unpaired) electrons. The molecule has 0 fully saturated rings. The Bertz CT molecular complexity index is 1250. The molecular formula is C22H21N3O4S2. The molecule has 0 saturated heterocycles. The molecule has 0 aliphatic rings. The lowest BCUT2D eigenvalue weighted by molar-refractivity contribution is -0.118. The second-order valence-corrected chi connectivity index (χ2v) is 9.03. The molecular weight excluding hydrogens is 434 g/mol. The summed E-state index contributed by atoms with van der Waals surface area (Å²) in [4.78, 5) is 33.1. The molecule has 4 rings (SSSR count). The number of methoxy groups -OCH3 is 1. The number of carbonyl (C=O) groups is 1. The molecule has 3 heterocycles. The fourth-order valence-corrected chi connectivity index (χ4v) is 4.79. The van der Waals surface area contributed by atoms with Crippen LogP contribution in [-0.4, -0.2) is 28.7 Å². The van der Waals surface area contributed by atoms with Crippen LogP contribution in [-0.2, 0) is 11.3 Å². The number of carbonyl (C=O) groups excluding carboxylic acids is 1. The van der Waals surface area contributed by atoms with Crippen molar-refractivity contribution in [1.29, 1.82) is 0 Å². The summed E-state index contributed by atoms with van der Waals surface area (Å²) >= 11 is 2.82. The second-order valence-electron chi connectivity index (χ2n) is 6.84. The van der Waals surface area contributed by atoms with Crippen molar-refractivity contribution in [3.05, 3.63) is 69.8 Å². The topological polar surface area (TPSA) is 97.2 Å². The molecule has 2 N–H and O–H groups in total. The highest BCUT2D eigenvalue weighted by Gasteiger charge is 2.18. The fourth-order valence-electron chi connectivity index (χ4n) is 3.09. The van der Waals surface area contributed by atoms with E-state index >= 15 is 0 Å². The third-order valence-electron chi connectivity index (χ3n) is 4.72. The molecule has 3 aromatic heterocycles. The first-order valence-electron chi connectivity index (χ1n) is 9.61. The Balaban J connectivity index is 1.38. The Morgan fingerprint density at radius 1 is 1.35 bits per heavy atom. The molecule has 0 aliphatic carbocycles. The van der Waals surface area contributed by atoms with E-state index in [2.05, 4.69) is 15.3 Å². The molecule has 7 nitrogen and oxygen atoms in total. The highest BCUT2D eigenvalue weighted by molar-refractivity contribution is 8.00. The molecule has 9 heteroatoms. The summed E-state index contributed by atoms with van der Waals surface area (Å²) in [5, 5.41) is 5.16. The van der Waals surface area contributed by atoms with Gasteiger partial charge in [-0.1, -0.05) is 12.1 Å². The van der Waals surface area contributed by atoms with Crippen LogP contribution in [0.15, 0.2) is 57.3 Å². The lowest BCUT2D eigenvalue weighted by atomic mass is 10.2. The molecule has 31 heavy (non-hydrogen) atoms. The monoisotopic (exact) mass is 455 g/mol. The number of furan rings is 1. The van der Waals surface area contributed by atoms with E-state index in [1.807, 2.05) is 42.6 Å². The number of amides is 1. The first kappa shape index (κ1) is 21.2. The van der Waals surface area contributed by atoms with Crippen molar-refractivity contribution in [2.75, 3.05) is 12.9 Å². The van der Waals surface area contributed by atoms with Crippen LogP contribution in [0.2, 0.25) is 0 Å². The predicted octanol–water partition coefficient (Wildman–Crippen LogP) is 4.36. The van der Waals surface area contributed by atoms with Crippen LogP contribution < -0.4 is 15.6 Å². The first-order chi connectivity index (χ1) is 15.0. The SMILES string of the molecule is COc1cccc(CNC(=O)CSC(C)c2nc3scc(-c4ccco4)c3c(=O)[nH]2)c1. The van der Waals surface area contributed by atoms with E-state index < -0.39 is 0 Å². The normalized spacial score (nSPS) is 12.1. The minimum absolute atomic E-state index is 0.0840. The van der Waals surface area contributed by atoms with Crippen LogP contribution >= 0.6 is 23.1 Å². The van der Waals surface area contributed by atoms with Gasteiger partial charge in [0.05, 0.1) is 29.8 Å². The van der Waals surface area contributed by atoms with E-state index in [-0.39, 0.29) is 22.5 Å². The minimum Gasteiger partial charge on any atom is -0.497 e. The van der Waals surface area contributed by atoms with E-state index in [0.29, 0.717) is 28.3 Å². The van der Waals surface area contributed by atoms with Gasteiger partial charge in [0.25, 0.3) is 5.56 Å². The van der Waals surface area contributed by atoms with Crippen molar-refractivity contribution in [3.8, 4) is 17.1 Å². The van der Waals surface area contributed by atoms with Gasteiger partial charge in [0.1, 0.15) is 22.2 Å². The van der Waals surface area contributed by atoms with E-state index in [4.69, 9.17) is 9.15 Å². The molecule has 1 unspecified atom stereocenters. The highest BCUT2D eigenvalue weighted by Crippen LogP contribution is 2.32. The van der Waals surface area contributed by atoms with E-state index in [0.717, 1.165) is 16.9 Å². The minimum atomic E-state index is -0.206. The van der Waals surface area contributed by atoms with Crippen LogP contribution in [0.3, 0.4) is 0 Å². The van der Waals surface area contributed by atoms with Gasteiger partial charge in [-0.05, 0) is 36.8 Å². The Hall–Kier alpha value is -3.04. The second kappa shape index (κ2) is 9.40. The fraction of sp³-hybridized carbons (Fsp3) is 0.227. The average Bonchev–Trinajstić information content (AvgIpc) is 3.46. The van der Waals surface area contributed by atoms with Crippen molar-refractivity contribution in [2.24, 2.45) is 0 Å². The summed E-state index contributed by atoms with van der Waals surface area (Å²) in [7, 11) is 1.61. The van der Waals surface area contributed by atoms with Gasteiger partial charge < -0.3 is 19.5 Å². The van der Waals surface area contributed by atoms with E-state index in [1.165, 1.54) is 23.1 Å². The van der Waals surface area contributed by atoms with Gasteiger partial charge in [-0.15, -0.1) is 23.1 Å². The standard InChI is InChI=1S/C22H21N3O4S2/c1-13(30-12-18(26)23-10-14-5-3-6-15(9-14)28-2)20-24-21(27)19-16(11-31-22(19)25-20)17-7-4-8-29-17/h3-9,11,13H,10,12H2,1-2H3,(H,23,26)(H,24,25,27). The van der Waals surface area contributed by atoms with Crippen LogP contribution in [0.25, 0.3) is 21.5 Å². The van der Waals surface area contributed by atoms with Crippen LogP contribution in [0.5, 0.6) is 5.75 Å². The molecule has 0 bridgehead atoms. The van der Waals surface area contributed by atoms with Gasteiger partial charge in [0, 0.05) is 17.5 Å². The maximum Gasteiger partial charge on any atom is 0.260 e. The molecule has 160 valence electrons. The lowest BCUT2D eigenvalue weighted by Crippen LogP contribution is -2.25. The zero-order valence-electron chi connectivity index (χ0n) is 17.0. The number of rotatable bonds is 8. The van der Waals surface area contributed by atoms with Gasteiger partial charge in [-0.2, -0.15) is 0 Å². The Morgan fingerprint density at radius 2 is 2.23 bits per heavy atom. The molecule has 0 spiro atoms. The number of fused-ring (bicyclic) bond motifs is 1. The number of hydrogen-bond donors (Lipinski definition) is 2. The summed E-state index contributed by atoms with van der Waals surface area (Å²) < 4.78 is 10.6. The number of H-pyrrole nitrogens is 1. The quantitative estimate of drug-likeness (QED) is 0.410. The van der Waals surface area contributed by atoms with Gasteiger partial charge >= 0.3 is 0 Å². The van der Waals surface area contributed by atoms with Gasteiger partial charge in [-0.3, -0.25) is 9.59 Å². The van der Waals surface area contributed by atoms with Gasteiger partial charge in [-0.25, -0.2) is 4.98 Å². The van der Waals surface area contributed by atoms with Crippen LogP contribution in [0.1, 0.15) is 23.6 Å². The maximum atomic E-state index is 12.7. The number of thioether (sulfide) groups is 1. The zero-order valence-corrected chi connectivity index (χ0v) is 18.6. The summed E-state index contributed by atoms with van der Waals surface area (Å²) in [6, 6.07) is 11.2. The number of ether oxygens (including phenoxy) is 1. The number of aromatic nitrogens is 2. The molecule has 1 atom stereocenters. The van der Waals surface area contributed by atoms with Gasteiger partial charge in [0.15, 0.2) is 0 Å². The van der Waals surface area contributed by atoms with Crippen LogP contribution in [0, 0.1) is 0 Å². The summed E-state index contributed by atoms with van der Waals surface area (Å²) in [6.45, 7) is 2.35. The average molecular weight is 456 g/mol. The summed E-state index contributed by atoms with van der Waals surface area (Å²) in [6.07, 6.45) is 1.58.